The summed E-state index contributed by atoms with van der Waals surface area (Å²) < 4.78 is 13.3. The molecular formula is C9H17FN2O2S. The molecule has 1 unspecified atom stereocenters. The number of carbonyl (C=O) groups is 1. The molecular weight excluding hydrogens is 219 g/mol. The second-order valence-electron chi connectivity index (χ2n) is 3.73. The highest BCUT2D eigenvalue weighted by Crippen LogP contribution is 2.31. The number of nitrogens with one attached hydrogen (secondary N) is 1. The zero-order valence-corrected chi connectivity index (χ0v) is 10.2. The highest BCUT2D eigenvalue weighted by Gasteiger charge is 2.39. The molecule has 1 amide bonds. The molecule has 0 radical (unpaired) electrons. The van der Waals surface area contributed by atoms with Crippen LogP contribution in [0.3, 0.4) is 0 Å². The summed E-state index contributed by atoms with van der Waals surface area (Å²) in [5.74, 6) is -1.28. The number of nitrogens with zero attached hydrogens (tertiary/aromatic N) is 1. The molecule has 0 aliphatic rings. The number of halogens is 1. The van der Waals surface area contributed by atoms with Crippen LogP contribution in [0.4, 0.5) is 4.39 Å². The second-order valence-corrected chi connectivity index (χ2v) is 4.65. The molecule has 0 bridgehead atoms. The van der Waals surface area contributed by atoms with Crippen LogP contribution in [0, 0.1) is 11.3 Å². The minimum atomic E-state index is -1.10. The van der Waals surface area contributed by atoms with Gasteiger partial charge >= 0.3 is 0 Å². The predicted octanol–water partition coefficient (Wildman–Crippen LogP) is 1.49. The first-order valence-corrected chi connectivity index (χ1v) is 5.89. The van der Waals surface area contributed by atoms with Gasteiger partial charge in [0.25, 0.3) is 0 Å². The lowest BCUT2D eigenvalue weighted by molar-refractivity contribution is -0.126. The summed E-state index contributed by atoms with van der Waals surface area (Å²) in [5, 5.41) is 13.4. The number of hydrogen-bond acceptors (Lipinski definition) is 4. The van der Waals surface area contributed by atoms with Crippen molar-refractivity contribution in [2.24, 2.45) is 16.5 Å². The molecule has 4 nitrogen and oxygen atoms in total. The maximum absolute atomic E-state index is 13.3. The van der Waals surface area contributed by atoms with E-state index in [0.29, 0.717) is 5.75 Å². The summed E-state index contributed by atoms with van der Waals surface area (Å²) in [7, 11) is 1.50. The van der Waals surface area contributed by atoms with Crippen molar-refractivity contribution in [1.29, 1.82) is 0 Å². The number of rotatable bonds is 5. The van der Waals surface area contributed by atoms with E-state index in [1.807, 2.05) is 6.26 Å². The SMILES string of the molecule is CNC(=O)C(CSC)C(C)(C)C(F)=NO. The minimum absolute atomic E-state index is 0.256. The quantitative estimate of drug-likeness (QED) is 0.432. The molecule has 15 heavy (non-hydrogen) atoms. The first kappa shape index (κ1) is 14.2. The molecule has 0 fully saturated rings. The molecule has 0 aliphatic carbocycles. The normalized spacial score (nSPS) is 14.9. The van der Waals surface area contributed by atoms with Gasteiger partial charge in [0, 0.05) is 12.8 Å². The van der Waals surface area contributed by atoms with Crippen molar-refractivity contribution in [2.45, 2.75) is 13.8 Å². The van der Waals surface area contributed by atoms with Crippen molar-refractivity contribution in [2.75, 3.05) is 19.1 Å². The first-order valence-electron chi connectivity index (χ1n) is 4.50. The molecule has 6 heteroatoms. The van der Waals surface area contributed by atoms with Crippen molar-refractivity contribution in [3.05, 3.63) is 0 Å². The molecule has 88 valence electrons. The molecule has 0 aromatic heterocycles. The Kier molecular flexibility index (Phi) is 5.64. The fraction of sp³-hybridized carbons (Fsp3) is 0.778. The number of amides is 1. The molecule has 0 saturated carbocycles. The van der Waals surface area contributed by atoms with Gasteiger partial charge in [0.1, 0.15) is 0 Å². The van der Waals surface area contributed by atoms with E-state index in [-0.39, 0.29) is 5.91 Å². The van der Waals surface area contributed by atoms with E-state index in [4.69, 9.17) is 5.21 Å². The number of oxime groups is 1. The van der Waals surface area contributed by atoms with Gasteiger partial charge in [-0.05, 0) is 6.26 Å². The number of hydrogen-bond donors (Lipinski definition) is 2. The minimum Gasteiger partial charge on any atom is -0.409 e. The van der Waals surface area contributed by atoms with Crippen LogP contribution in [0.15, 0.2) is 5.16 Å². The highest BCUT2D eigenvalue weighted by atomic mass is 32.2. The van der Waals surface area contributed by atoms with E-state index in [2.05, 4.69) is 10.5 Å². The van der Waals surface area contributed by atoms with Gasteiger partial charge in [-0.15, -0.1) is 0 Å². The highest BCUT2D eigenvalue weighted by molar-refractivity contribution is 7.98. The van der Waals surface area contributed by atoms with Gasteiger partial charge in [-0.2, -0.15) is 16.2 Å². The molecule has 1 atom stereocenters. The van der Waals surface area contributed by atoms with Crippen LogP contribution in [-0.2, 0) is 4.79 Å². The number of thioether (sulfide) groups is 1. The van der Waals surface area contributed by atoms with Crippen molar-refractivity contribution in [1.82, 2.24) is 5.32 Å². The van der Waals surface area contributed by atoms with E-state index in [1.165, 1.54) is 32.7 Å². The second kappa shape index (κ2) is 5.95. The smallest absolute Gasteiger partial charge is 0.232 e. The lowest BCUT2D eigenvalue weighted by atomic mass is 9.79. The molecule has 0 aromatic rings. The van der Waals surface area contributed by atoms with E-state index in [0.717, 1.165) is 0 Å². The molecule has 0 heterocycles. The maximum atomic E-state index is 13.3. The average molecular weight is 236 g/mol. The lowest BCUT2D eigenvalue weighted by Crippen LogP contribution is -2.42. The molecule has 0 spiro atoms. The van der Waals surface area contributed by atoms with Crippen LogP contribution < -0.4 is 5.32 Å². The lowest BCUT2D eigenvalue weighted by Gasteiger charge is -2.29. The van der Waals surface area contributed by atoms with Crippen LogP contribution in [0.5, 0.6) is 0 Å². The Morgan fingerprint density at radius 1 is 1.67 bits per heavy atom. The largest absolute Gasteiger partial charge is 0.409 e. The zero-order chi connectivity index (χ0) is 12.1. The number of carbonyl (C=O) groups excluding carboxylic acids is 1. The van der Waals surface area contributed by atoms with Crippen molar-refractivity contribution >= 4 is 23.6 Å². The summed E-state index contributed by atoms with van der Waals surface area (Å²) in [5.41, 5.74) is -1.10. The molecule has 0 aliphatic heterocycles. The van der Waals surface area contributed by atoms with Crippen molar-refractivity contribution in [3.8, 4) is 0 Å². The monoisotopic (exact) mass is 236 g/mol. The Hall–Kier alpha value is -0.780. The Bertz CT molecular complexity index is 256. The van der Waals surface area contributed by atoms with Crippen LogP contribution in [0.2, 0.25) is 0 Å². The predicted molar refractivity (Wildman–Crippen MR) is 60.0 cm³/mol. The zero-order valence-electron chi connectivity index (χ0n) is 9.37. The molecule has 2 N–H and O–H groups in total. The van der Waals surface area contributed by atoms with Crippen LogP contribution in [0.25, 0.3) is 0 Å². The molecule has 0 saturated heterocycles. The van der Waals surface area contributed by atoms with E-state index in [9.17, 15) is 9.18 Å². The fourth-order valence-corrected chi connectivity index (χ4v) is 2.13. The van der Waals surface area contributed by atoms with Gasteiger partial charge in [-0.25, -0.2) is 0 Å². The third-order valence-corrected chi connectivity index (χ3v) is 3.05. The van der Waals surface area contributed by atoms with E-state index >= 15 is 0 Å². The Balaban J connectivity index is 4.97. The first-order chi connectivity index (χ1) is 6.91. The third kappa shape index (κ3) is 3.37. The Morgan fingerprint density at radius 3 is 2.53 bits per heavy atom. The average Bonchev–Trinajstić information content (AvgIpc) is 2.23. The summed E-state index contributed by atoms with van der Waals surface area (Å²) in [6.45, 7) is 3.08. The van der Waals surface area contributed by atoms with E-state index < -0.39 is 17.3 Å². The van der Waals surface area contributed by atoms with Crippen molar-refractivity contribution in [3.63, 3.8) is 0 Å². The molecule has 0 aromatic carbocycles. The van der Waals surface area contributed by atoms with Gasteiger partial charge < -0.3 is 10.5 Å². The van der Waals surface area contributed by atoms with Gasteiger partial charge in [-0.1, -0.05) is 19.0 Å². The summed E-state index contributed by atoms with van der Waals surface area (Å²) in [4.78, 5) is 11.5. The van der Waals surface area contributed by atoms with Crippen LogP contribution in [-0.4, -0.2) is 36.1 Å². The summed E-state index contributed by atoms with van der Waals surface area (Å²) >= 11 is 1.44. The Labute approximate surface area is 93.3 Å². The van der Waals surface area contributed by atoms with Gasteiger partial charge in [0.2, 0.25) is 11.9 Å². The molecule has 0 rings (SSSR count). The standard InChI is InChI=1S/C9H17FN2O2S/c1-9(2,8(10)12-14)6(5-15-4)7(13)11-3/h6,14H,5H2,1-4H3,(H,11,13). The maximum Gasteiger partial charge on any atom is 0.232 e. The van der Waals surface area contributed by atoms with Gasteiger partial charge in [0.15, 0.2) is 0 Å². The fourth-order valence-electron chi connectivity index (χ4n) is 1.23. The summed E-state index contributed by atoms with van der Waals surface area (Å²) in [6.07, 6.45) is 1.83. The third-order valence-electron chi connectivity index (χ3n) is 2.39. The van der Waals surface area contributed by atoms with Gasteiger partial charge in [-0.3, -0.25) is 4.79 Å². The Morgan fingerprint density at radius 2 is 2.20 bits per heavy atom. The van der Waals surface area contributed by atoms with Crippen molar-refractivity contribution < 1.29 is 14.4 Å². The van der Waals surface area contributed by atoms with Gasteiger partial charge in [0.05, 0.1) is 11.3 Å². The van der Waals surface area contributed by atoms with Crippen LogP contribution >= 0.6 is 11.8 Å². The van der Waals surface area contributed by atoms with Crippen LogP contribution in [0.1, 0.15) is 13.8 Å². The summed E-state index contributed by atoms with van der Waals surface area (Å²) in [6, 6.07) is 0. The van der Waals surface area contributed by atoms with E-state index in [1.54, 1.807) is 0 Å². The topological polar surface area (TPSA) is 61.7 Å².